The van der Waals surface area contributed by atoms with Crippen molar-refractivity contribution in [3.63, 3.8) is 0 Å². The molecule has 0 saturated carbocycles. The molecule has 0 atom stereocenters. The number of rotatable bonds is 7. The van der Waals surface area contributed by atoms with Gasteiger partial charge in [-0.3, -0.25) is 14.8 Å². The van der Waals surface area contributed by atoms with Crippen LogP contribution in [0.4, 0.5) is 0 Å². The molecule has 2 N–H and O–H groups in total. The van der Waals surface area contributed by atoms with E-state index < -0.39 is 0 Å². The van der Waals surface area contributed by atoms with E-state index in [0.29, 0.717) is 18.7 Å². The number of hydrogen-bond acceptors (Lipinski definition) is 3. The number of aromatic nitrogens is 1. The van der Waals surface area contributed by atoms with Gasteiger partial charge in [0, 0.05) is 39.1 Å². The van der Waals surface area contributed by atoms with Gasteiger partial charge < -0.3 is 15.5 Å². The maximum Gasteiger partial charge on any atom is 0.252 e. The fourth-order valence-corrected chi connectivity index (χ4v) is 2.33. The van der Waals surface area contributed by atoms with Crippen molar-refractivity contribution in [1.29, 1.82) is 0 Å². The quantitative estimate of drug-likeness (QED) is 0.459. The first-order chi connectivity index (χ1) is 12.2. The SMILES string of the molecule is CCNC(=NCCNC(=O)c1cccnc1)N(C)Cc1ccccc1. The number of amides is 1. The van der Waals surface area contributed by atoms with Gasteiger partial charge in [-0.2, -0.15) is 0 Å². The third kappa shape index (κ3) is 6.25. The monoisotopic (exact) mass is 339 g/mol. The number of nitrogens with one attached hydrogen (secondary N) is 2. The zero-order chi connectivity index (χ0) is 17.9. The molecule has 0 aliphatic carbocycles. The predicted molar refractivity (Wildman–Crippen MR) is 100 cm³/mol. The van der Waals surface area contributed by atoms with Gasteiger partial charge in [-0.05, 0) is 24.6 Å². The zero-order valence-corrected chi connectivity index (χ0v) is 14.8. The standard InChI is InChI=1S/C19H25N5O/c1-3-21-19(24(2)15-16-8-5-4-6-9-16)23-13-12-22-18(25)17-10-7-11-20-14-17/h4-11,14H,3,12-13,15H2,1-2H3,(H,21,23)(H,22,25). The van der Waals surface area contributed by atoms with Gasteiger partial charge in [0.1, 0.15) is 0 Å². The second kappa shape index (κ2) is 10.1. The highest BCUT2D eigenvalue weighted by Crippen LogP contribution is 2.02. The summed E-state index contributed by atoms with van der Waals surface area (Å²) in [5.41, 5.74) is 1.78. The van der Waals surface area contributed by atoms with E-state index in [1.165, 1.54) is 5.56 Å². The average Bonchev–Trinajstić information content (AvgIpc) is 2.65. The van der Waals surface area contributed by atoms with Crippen molar-refractivity contribution in [3.05, 3.63) is 66.0 Å². The summed E-state index contributed by atoms with van der Waals surface area (Å²) in [6, 6.07) is 13.7. The van der Waals surface area contributed by atoms with Crippen LogP contribution in [0, 0.1) is 0 Å². The second-order valence-corrected chi connectivity index (χ2v) is 5.57. The topological polar surface area (TPSA) is 69.6 Å². The van der Waals surface area contributed by atoms with Crippen molar-refractivity contribution in [2.75, 3.05) is 26.7 Å². The molecule has 0 bridgehead atoms. The Kier molecular flexibility index (Phi) is 7.43. The van der Waals surface area contributed by atoms with E-state index >= 15 is 0 Å². The van der Waals surface area contributed by atoms with Gasteiger partial charge in [-0.15, -0.1) is 0 Å². The number of benzene rings is 1. The fraction of sp³-hybridized carbons (Fsp3) is 0.316. The van der Waals surface area contributed by atoms with Crippen LogP contribution in [0.1, 0.15) is 22.8 Å². The molecule has 0 spiro atoms. The van der Waals surface area contributed by atoms with E-state index in [-0.39, 0.29) is 5.91 Å². The molecular formula is C19H25N5O. The highest BCUT2D eigenvalue weighted by Gasteiger charge is 2.07. The van der Waals surface area contributed by atoms with Crippen LogP contribution in [0.15, 0.2) is 59.9 Å². The minimum atomic E-state index is -0.133. The van der Waals surface area contributed by atoms with Gasteiger partial charge in [0.25, 0.3) is 5.91 Å². The molecule has 0 fully saturated rings. The molecule has 0 unspecified atom stereocenters. The molecule has 1 aromatic heterocycles. The summed E-state index contributed by atoms with van der Waals surface area (Å²) in [5.74, 6) is 0.688. The number of nitrogens with zero attached hydrogens (tertiary/aromatic N) is 3. The van der Waals surface area contributed by atoms with Gasteiger partial charge in [-0.1, -0.05) is 30.3 Å². The number of hydrogen-bond donors (Lipinski definition) is 2. The van der Waals surface area contributed by atoms with Crippen molar-refractivity contribution in [3.8, 4) is 0 Å². The smallest absolute Gasteiger partial charge is 0.252 e. The van der Waals surface area contributed by atoms with Crippen molar-refractivity contribution >= 4 is 11.9 Å². The number of pyridine rings is 1. The average molecular weight is 339 g/mol. The first-order valence-corrected chi connectivity index (χ1v) is 8.42. The fourth-order valence-electron chi connectivity index (χ4n) is 2.33. The molecule has 0 aliphatic rings. The van der Waals surface area contributed by atoms with Crippen LogP contribution in [-0.4, -0.2) is 48.4 Å². The van der Waals surface area contributed by atoms with Crippen LogP contribution in [-0.2, 0) is 6.54 Å². The molecular weight excluding hydrogens is 314 g/mol. The minimum absolute atomic E-state index is 0.133. The maximum absolute atomic E-state index is 12.0. The van der Waals surface area contributed by atoms with Crippen LogP contribution in [0.3, 0.4) is 0 Å². The summed E-state index contributed by atoms with van der Waals surface area (Å²) in [4.78, 5) is 22.6. The molecule has 132 valence electrons. The number of carbonyl (C=O) groups is 1. The molecule has 1 amide bonds. The van der Waals surface area contributed by atoms with Crippen LogP contribution >= 0.6 is 0 Å². The van der Waals surface area contributed by atoms with Gasteiger partial charge in [0.05, 0.1) is 12.1 Å². The number of guanidine groups is 1. The van der Waals surface area contributed by atoms with Crippen molar-refractivity contribution in [1.82, 2.24) is 20.5 Å². The van der Waals surface area contributed by atoms with Gasteiger partial charge in [0.15, 0.2) is 5.96 Å². The molecule has 1 aromatic carbocycles. The van der Waals surface area contributed by atoms with E-state index in [0.717, 1.165) is 19.0 Å². The lowest BCUT2D eigenvalue weighted by Gasteiger charge is -2.22. The highest BCUT2D eigenvalue weighted by atomic mass is 16.1. The second-order valence-electron chi connectivity index (χ2n) is 5.57. The minimum Gasteiger partial charge on any atom is -0.357 e. The van der Waals surface area contributed by atoms with Crippen LogP contribution in [0.25, 0.3) is 0 Å². The molecule has 2 rings (SSSR count). The lowest BCUT2D eigenvalue weighted by atomic mass is 10.2. The Bertz CT molecular complexity index is 673. The Morgan fingerprint density at radius 3 is 2.64 bits per heavy atom. The Hall–Kier alpha value is -2.89. The molecule has 6 heteroatoms. The molecule has 6 nitrogen and oxygen atoms in total. The molecule has 0 saturated heterocycles. The molecule has 0 radical (unpaired) electrons. The molecule has 2 aromatic rings. The van der Waals surface area contributed by atoms with Crippen molar-refractivity contribution in [2.24, 2.45) is 4.99 Å². The molecule has 0 aliphatic heterocycles. The van der Waals surface area contributed by atoms with E-state index in [1.807, 2.05) is 32.2 Å². The summed E-state index contributed by atoms with van der Waals surface area (Å²) < 4.78 is 0. The first-order valence-electron chi connectivity index (χ1n) is 8.42. The largest absolute Gasteiger partial charge is 0.357 e. The maximum atomic E-state index is 12.0. The molecule has 25 heavy (non-hydrogen) atoms. The lowest BCUT2D eigenvalue weighted by molar-refractivity contribution is 0.0954. The van der Waals surface area contributed by atoms with E-state index in [9.17, 15) is 4.79 Å². The summed E-state index contributed by atoms with van der Waals surface area (Å²) in [5, 5.41) is 6.13. The normalized spacial score (nSPS) is 11.0. The Balaban J connectivity index is 1.85. The number of carbonyl (C=O) groups excluding carboxylic acids is 1. The Morgan fingerprint density at radius 2 is 1.96 bits per heavy atom. The lowest BCUT2D eigenvalue weighted by Crippen LogP contribution is -2.39. The van der Waals surface area contributed by atoms with Crippen LogP contribution in [0.2, 0.25) is 0 Å². The predicted octanol–water partition coefficient (Wildman–Crippen LogP) is 1.91. The summed E-state index contributed by atoms with van der Waals surface area (Å²) in [6.45, 7) is 4.58. The van der Waals surface area contributed by atoms with Crippen LogP contribution < -0.4 is 10.6 Å². The summed E-state index contributed by atoms with van der Waals surface area (Å²) in [7, 11) is 2.00. The van der Waals surface area contributed by atoms with Crippen molar-refractivity contribution in [2.45, 2.75) is 13.5 Å². The van der Waals surface area contributed by atoms with Gasteiger partial charge >= 0.3 is 0 Å². The Morgan fingerprint density at radius 1 is 1.16 bits per heavy atom. The first kappa shape index (κ1) is 18.4. The van der Waals surface area contributed by atoms with Crippen LogP contribution in [0.5, 0.6) is 0 Å². The van der Waals surface area contributed by atoms with Gasteiger partial charge in [0.2, 0.25) is 0 Å². The van der Waals surface area contributed by atoms with Crippen molar-refractivity contribution < 1.29 is 4.79 Å². The Labute approximate surface area is 149 Å². The van der Waals surface area contributed by atoms with E-state index in [2.05, 4.69) is 37.6 Å². The van der Waals surface area contributed by atoms with E-state index in [4.69, 9.17) is 0 Å². The van der Waals surface area contributed by atoms with Gasteiger partial charge in [-0.25, -0.2) is 0 Å². The highest BCUT2D eigenvalue weighted by molar-refractivity contribution is 5.93. The third-order valence-electron chi connectivity index (χ3n) is 3.54. The molecule has 1 heterocycles. The summed E-state index contributed by atoms with van der Waals surface area (Å²) in [6.07, 6.45) is 3.20. The zero-order valence-electron chi connectivity index (χ0n) is 14.8. The summed E-state index contributed by atoms with van der Waals surface area (Å²) >= 11 is 0. The van der Waals surface area contributed by atoms with E-state index in [1.54, 1.807) is 24.5 Å². The third-order valence-corrected chi connectivity index (χ3v) is 3.54. The number of aliphatic imine (C=N–C) groups is 1.